The third-order valence-corrected chi connectivity index (χ3v) is 2.81. The molecule has 0 aliphatic heterocycles. The number of benzene rings is 1. The predicted octanol–water partition coefficient (Wildman–Crippen LogP) is 3.33. The minimum absolute atomic E-state index is 0.123. The molecule has 0 fully saturated rings. The van der Waals surface area contributed by atoms with Gasteiger partial charge in [-0.3, -0.25) is 4.79 Å². The lowest BCUT2D eigenvalue weighted by atomic mass is 10.0. The van der Waals surface area contributed by atoms with E-state index < -0.39 is 11.6 Å². The van der Waals surface area contributed by atoms with Crippen LogP contribution in [0.5, 0.6) is 5.75 Å². The van der Waals surface area contributed by atoms with E-state index in [0.29, 0.717) is 6.42 Å². The van der Waals surface area contributed by atoms with Crippen molar-refractivity contribution in [2.24, 2.45) is 0 Å². The van der Waals surface area contributed by atoms with E-state index >= 15 is 0 Å². The maximum atomic E-state index is 10.5. The number of rotatable bonds is 5. The van der Waals surface area contributed by atoms with Gasteiger partial charge in [0.15, 0.2) is 0 Å². The summed E-state index contributed by atoms with van der Waals surface area (Å²) in [6.45, 7) is 7.90. The fourth-order valence-corrected chi connectivity index (χ4v) is 1.56. The molecule has 94 valence electrons. The van der Waals surface area contributed by atoms with Crippen LogP contribution in [0.4, 0.5) is 0 Å². The second kappa shape index (κ2) is 5.21. The Morgan fingerprint density at radius 2 is 1.94 bits per heavy atom. The molecule has 0 aromatic heterocycles. The summed E-state index contributed by atoms with van der Waals surface area (Å²) in [5.74, 6) is 0.00486. The van der Waals surface area contributed by atoms with Crippen LogP contribution in [0.3, 0.4) is 0 Å². The maximum Gasteiger partial charge on any atom is 0.303 e. The Hall–Kier alpha value is -1.51. The van der Waals surface area contributed by atoms with Crippen molar-refractivity contribution < 1.29 is 14.6 Å². The zero-order valence-corrected chi connectivity index (χ0v) is 10.9. The van der Waals surface area contributed by atoms with E-state index in [2.05, 4.69) is 6.92 Å². The number of hydrogen-bond donors (Lipinski definition) is 1. The van der Waals surface area contributed by atoms with Gasteiger partial charge in [0.1, 0.15) is 11.4 Å². The van der Waals surface area contributed by atoms with Crippen LogP contribution in [0.15, 0.2) is 18.2 Å². The van der Waals surface area contributed by atoms with E-state index in [0.717, 1.165) is 5.75 Å². The van der Waals surface area contributed by atoms with Crippen LogP contribution in [-0.2, 0) is 4.79 Å². The first kappa shape index (κ1) is 13.6. The van der Waals surface area contributed by atoms with Crippen LogP contribution in [-0.4, -0.2) is 16.7 Å². The number of ether oxygens (including phenoxy) is 1. The average molecular weight is 236 g/mol. The summed E-state index contributed by atoms with van der Waals surface area (Å²) >= 11 is 0. The average Bonchev–Trinajstić information content (AvgIpc) is 2.21. The normalized spacial score (nSPS) is 11.3. The summed E-state index contributed by atoms with van der Waals surface area (Å²) in [4.78, 5) is 10.5. The molecule has 0 bridgehead atoms. The van der Waals surface area contributed by atoms with Crippen LogP contribution in [0.25, 0.3) is 0 Å². The van der Waals surface area contributed by atoms with Gasteiger partial charge in [-0.15, -0.1) is 0 Å². The molecule has 1 aromatic carbocycles. The molecule has 0 amide bonds. The fraction of sp³-hybridized carbons (Fsp3) is 0.500. The molecule has 0 aliphatic carbocycles. The molecule has 3 heteroatoms. The summed E-state index contributed by atoms with van der Waals surface area (Å²) in [6, 6.07) is 5.92. The molecule has 3 nitrogen and oxygen atoms in total. The molecule has 0 heterocycles. The highest BCUT2D eigenvalue weighted by atomic mass is 16.5. The van der Waals surface area contributed by atoms with Gasteiger partial charge in [-0.05, 0) is 57.4 Å². The summed E-state index contributed by atoms with van der Waals surface area (Å²) in [5.41, 5.74) is 1.94. The van der Waals surface area contributed by atoms with Crippen molar-refractivity contribution in [2.75, 3.05) is 0 Å². The number of carboxylic acid groups (broad SMARTS) is 1. The topological polar surface area (TPSA) is 46.5 Å². The third kappa shape index (κ3) is 4.47. The van der Waals surface area contributed by atoms with Gasteiger partial charge in [-0.1, -0.05) is 6.07 Å². The first-order valence-electron chi connectivity index (χ1n) is 5.78. The molecule has 0 aliphatic rings. The van der Waals surface area contributed by atoms with E-state index in [1.54, 1.807) is 0 Å². The predicted molar refractivity (Wildman–Crippen MR) is 67.5 cm³/mol. The van der Waals surface area contributed by atoms with Crippen LogP contribution in [0.2, 0.25) is 0 Å². The van der Waals surface area contributed by atoms with Gasteiger partial charge in [-0.25, -0.2) is 0 Å². The molecule has 0 saturated heterocycles. The first-order valence-corrected chi connectivity index (χ1v) is 5.78. The molecule has 1 rings (SSSR count). The van der Waals surface area contributed by atoms with Gasteiger partial charge in [0.25, 0.3) is 0 Å². The molecule has 0 spiro atoms. The van der Waals surface area contributed by atoms with Gasteiger partial charge >= 0.3 is 5.97 Å². The molecule has 0 atom stereocenters. The van der Waals surface area contributed by atoms with Crippen LogP contribution in [0, 0.1) is 13.8 Å². The molecule has 1 N–H and O–H groups in total. The molecule has 17 heavy (non-hydrogen) atoms. The Kier molecular flexibility index (Phi) is 4.16. The van der Waals surface area contributed by atoms with Crippen molar-refractivity contribution in [2.45, 2.75) is 46.1 Å². The minimum atomic E-state index is -0.790. The van der Waals surface area contributed by atoms with Crippen LogP contribution in [0.1, 0.15) is 37.8 Å². The molecular weight excluding hydrogens is 216 g/mol. The summed E-state index contributed by atoms with van der Waals surface area (Å²) in [6.07, 6.45) is 0.618. The van der Waals surface area contributed by atoms with Crippen LogP contribution >= 0.6 is 0 Å². The van der Waals surface area contributed by atoms with Crippen molar-refractivity contribution >= 4 is 5.97 Å². The minimum Gasteiger partial charge on any atom is -0.488 e. The van der Waals surface area contributed by atoms with Crippen molar-refractivity contribution in [1.82, 2.24) is 0 Å². The molecule has 0 radical (unpaired) electrons. The highest BCUT2D eigenvalue weighted by Gasteiger charge is 2.21. The van der Waals surface area contributed by atoms with Gasteiger partial charge in [0.05, 0.1) is 0 Å². The van der Waals surface area contributed by atoms with E-state index in [1.807, 2.05) is 39.0 Å². The van der Waals surface area contributed by atoms with Crippen molar-refractivity contribution in [3.05, 3.63) is 29.3 Å². The molecule has 1 aromatic rings. The third-order valence-electron chi connectivity index (χ3n) is 2.81. The van der Waals surface area contributed by atoms with Gasteiger partial charge in [-0.2, -0.15) is 0 Å². The standard InChI is InChI=1S/C14H20O3/c1-10-5-6-12(9-11(10)2)17-14(3,4)8-7-13(15)16/h5-6,9H,7-8H2,1-4H3,(H,15,16). The van der Waals surface area contributed by atoms with E-state index in [-0.39, 0.29) is 6.42 Å². The van der Waals surface area contributed by atoms with Crippen molar-refractivity contribution in [1.29, 1.82) is 0 Å². The van der Waals surface area contributed by atoms with Crippen LogP contribution < -0.4 is 4.74 Å². The Labute approximate surface area is 102 Å². The van der Waals surface area contributed by atoms with Gasteiger partial charge in [0, 0.05) is 6.42 Å². The first-order chi connectivity index (χ1) is 7.80. The Balaban J connectivity index is 2.68. The number of carbonyl (C=O) groups is 1. The lowest BCUT2D eigenvalue weighted by Crippen LogP contribution is -2.29. The zero-order chi connectivity index (χ0) is 13.1. The SMILES string of the molecule is Cc1ccc(OC(C)(C)CCC(=O)O)cc1C. The molecule has 0 saturated carbocycles. The summed E-state index contributed by atoms with van der Waals surface area (Å²) in [5, 5.41) is 8.67. The second-order valence-electron chi connectivity index (χ2n) is 5.00. The van der Waals surface area contributed by atoms with Crippen molar-refractivity contribution in [3.63, 3.8) is 0 Å². The second-order valence-corrected chi connectivity index (χ2v) is 5.00. The Bertz CT molecular complexity index is 408. The van der Waals surface area contributed by atoms with Gasteiger partial charge in [0.2, 0.25) is 0 Å². The summed E-state index contributed by atoms with van der Waals surface area (Å²) in [7, 11) is 0. The highest BCUT2D eigenvalue weighted by Crippen LogP contribution is 2.24. The van der Waals surface area contributed by atoms with E-state index in [9.17, 15) is 4.79 Å². The van der Waals surface area contributed by atoms with E-state index in [1.165, 1.54) is 11.1 Å². The maximum absolute atomic E-state index is 10.5. The quantitative estimate of drug-likeness (QED) is 0.853. The zero-order valence-electron chi connectivity index (χ0n) is 10.9. The smallest absolute Gasteiger partial charge is 0.303 e. The summed E-state index contributed by atoms with van der Waals surface area (Å²) < 4.78 is 5.82. The number of aryl methyl sites for hydroxylation is 2. The highest BCUT2D eigenvalue weighted by molar-refractivity contribution is 5.66. The number of hydrogen-bond acceptors (Lipinski definition) is 2. The monoisotopic (exact) mass is 236 g/mol. The molecule has 0 unspecified atom stereocenters. The Morgan fingerprint density at radius 1 is 1.29 bits per heavy atom. The fourth-order valence-electron chi connectivity index (χ4n) is 1.56. The lowest BCUT2D eigenvalue weighted by molar-refractivity contribution is -0.138. The Morgan fingerprint density at radius 3 is 2.47 bits per heavy atom. The number of aliphatic carboxylic acids is 1. The lowest BCUT2D eigenvalue weighted by Gasteiger charge is -2.26. The number of carboxylic acids is 1. The van der Waals surface area contributed by atoms with E-state index in [4.69, 9.17) is 9.84 Å². The van der Waals surface area contributed by atoms with Gasteiger partial charge < -0.3 is 9.84 Å². The van der Waals surface area contributed by atoms with Crippen molar-refractivity contribution in [3.8, 4) is 5.75 Å². The largest absolute Gasteiger partial charge is 0.488 e. The molecular formula is C14H20O3.